The largest absolute Gasteiger partial charge is 0.294 e. The lowest BCUT2D eigenvalue weighted by Crippen LogP contribution is -2.40. The maximum absolute atomic E-state index is 6.00. The molecule has 4 atom stereocenters. The van der Waals surface area contributed by atoms with E-state index in [1.165, 1.54) is 23.4 Å². The zero-order valence-corrected chi connectivity index (χ0v) is 15.9. The Morgan fingerprint density at radius 2 is 1.83 bits per heavy atom. The number of hydrogen-bond donors (Lipinski definition) is 0. The van der Waals surface area contributed by atoms with Crippen LogP contribution < -0.4 is 0 Å². The molecule has 1 saturated carbocycles. The Morgan fingerprint density at radius 3 is 2.52 bits per heavy atom. The number of fused-ring (bicyclic) bond motifs is 2. The van der Waals surface area contributed by atoms with Crippen molar-refractivity contribution in [2.24, 2.45) is 5.92 Å². The van der Waals surface area contributed by atoms with E-state index in [2.05, 4.69) is 63.3 Å². The number of likely N-dealkylation sites (tertiary alicyclic amines) is 1. The maximum Gasteiger partial charge on any atom is 0.0406 e. The molecule has 120 valence electrons. The van der Waals surface area contributed by atoms with Crippen LogP contribution in [-0.4, -0.2) is 27.6 Å². The van der Waals surface area contributed by atoms with Crippen molar-refractivity contribution in [3.05, 3.63) is 65.2 Å². The molecule has 2 aliphatic rings. The van der Waals surface area contributed by atoms with E-state index in [1.54, 1.807) is 0 Å². The third kappa shape index (κ3) is 3.34. The predicted molar refractivity (Wildman–Crippen MR) is 103 cm³/mol. The molecule has 0 aromatic heterocycles. The van der Waals surface area contributed by atoms with E-state index in [1.807, 2.05) is 23.9 Å². The Hall–Kier alpha value is -0.480. The number of rotatable bonds is 4. The van der Waals surface area contributed by atoms with Gasteiger partial charge in [0, 0.05) is 39.1 Å². The standard InChI is InChI=1S/C19H19BrClNS/c20-18-14-10-17(23-16-8-6-15(21)7-9-16)19(18)22(12-14)11-13-4-2-1-3-5-13/h1-9,14,17-19H,10-12H2. The molecule has 0 N–H and O–H groups in total. The summed E-state index contributed by atoms with van der Waals surface area (Å²) >= 11 is 12.0. The molecule has 4 unspecified atom stereocenters. The molecule has 4 rings (SSSR count). The zero-order valence-electron chi connectivity index (χ0n) is 12.7. The molecule has 4 heteroatoms. The number of thioether (sulfide) groups is 1. The van der Waals surface area contributed by atoms with E-state index in [4.69, 9.17) is 11.6 Å². The van der Waals surface area contributed by atoms with Crippen molar-refractivity contribution in [3.8, 4) is 0 Å². The maximum atomic E-state index is 6.00. The molecule has 2 fully saturated rings. The molecule has 2 aromatic carbocycles. The molecule has 2 aromatic rings. The first-order valence-electron chi connectivity index (χ1n) is 8.05. The van der Waals surface area contributed by atoms with Crippen molar-refractivity contribution in [2.75, 3.05) is 6.54 Å². The van der Waals surface area contributed by atoms with Gasteiger partial charge in [-0.1, -0.05) is 57.9 Å². The van der Waals surface area contributed by atoms with Crippen LogP contribution in [0, 0.1) is 5.92 Å². The van der Waals surface area contributed by atoms with Gasteiger partial charge in [0.05, 0.1) is 0 Å². The summed E-state index contributed by atoms with van der Waals surface area (Å²) < 4.78 is 0. The Morgan fingerprint density at radius 1 is 1.09 bits per heavy atom. The molecule has 1 saturated heterocycles. The van der Waals surface area contributed by atoms with Gasteiger partial charge < -0.3 is 0 Å². The fraction of sp³-hybridized carbons (Fsp3) is 0.368. The van der Waals surface area contributed by atoms with Gasteiger partial charge in [0.25, 0.3) is 0 Å². The van der Waals surface area contributed by atoms with Gasteiger partial charge in [0.15, 0.2) is 0 Å². The van der Waals surface area contributed by atoms with Crippen molar-refractivity contribution in [2.45, 2.75) is 34.0 Å². The van der Waals surface area contributed by atoms with Crippen molar-refractivity contribution >= 4 is 39.3 Å². The molecule has 1 heterocycles. The number of hydrogen-bond acceptors (Lipinski definition) is 2. The number of halogens is 2. The smallest absolute Gasteiger partial charge is 0.0406 e. The molecule has 0 amide bonds. The topological polar surface area (TPSA) is 3.24 Å². The number of nitrogens with zero attached hydrogens (tertiary/aromatic N) is 1. The first-order valence-corrected chi connectivity index (χ1v) is 10.2. The molecule has 0 radical (unpaired) electrons. The van der Waals surface area contributed by atoms with E-state index in [9.17, 15) is 0 Å². The van der Waals surface area contributed by atoms with Gasteiger partial charge in [0.1, 0.15) is 0 Å². The molecular formula is C19H19BrClNS. The Kier molecular flexibility index (Phi) is 4.73. The lowest BCUT2D eigenvalue weighted by atomic mass is 10.1. The normalized spacial score (nSPS) is 30.0. The summed E-state index contributed by atoms with van der Waals surface area (Å²) in [6, 6.07) is 19.7. The zero-order chi connectivity index (χ0) is 15.8. The van der Waals surface area contributed by atoms with Crippen LogP contribution >= 0.6 is 39.3 Å². The summed E-state index contributed by atoms with van der Waals surface area (Å²) in [7, 11) is 0. The van der Waals surface area contributed by atoms with Crippen LogP contribution in [0.1, 0.15) is 12.0 Å². The minimum atomic E-state index is 0.612. The van der Waals surface area contributed by atoms with Gasteiger partial charge in [-0.25, -0.2) is 0 Å². The second-order valence-electron chi connectivity index (χ2n) is 6.46. The van der Waals surface area contributed by atoms with Crippen molar-refractivity contribution in [1.82, 2.24) is 4.90 Å². The molecule has 1 aliphatic carbocycles. The second kappa shape index (κ2) is 6.79. The van der Waals surface area contributed by atoms with Gasteiger partial charge in [-0.2, -0.15) is 0 Å². The Bertz CT molecular complexity index is 663. The van der Waals surface area contributed by atoms with Gasteiger partial charge in [0.2, 0.25) is 0 Å². The van der Waals surface area contributed by atoms with Crippen LogP contribution in [0.4, 0.5) is 0 Å². The quantitative estimate of drug-likeness (QED) is 0.617. The third-order valence-corrected chi connectivity index (χ3v) is 7.77. The Labute approximate surface area is 155 Å². The van der Waals surface area contributed by atoms with E-state index >= 15 is 0 Å². The van der Waals surface area contributed by atoms with Crippen molar-refractivity contribution in [3.63, 3.8) is 0 Å². The number of alkyl halides is 1. The molecular weight excluding hydrogens is 390 g/mol. The highest BCUT2D eigenvalue weighted by atomic mass is 79.9. The first kappa shape index (κ1) is 16.0. The first-order chi connectivity index (χ1) is 11.2. The fourth-order valence-electron chi connectivity index (χ4n) is 3.88. The van der Waals surface area contributed by atoms with E-state index < -0.39 is 0 Å². The van der Waals surface area contributed by atoms with Crippen molar-refractivity contribution in [1.29, 1.82) is 0 Å². The lowest BCUT2D eigenvalue weighted by molar-refractivity contribution is 0.211. The highest BCUT2D eigenvalue weighted by molar-refractivity contribution is 9.09. The van der Waals surface area contributed by atoms with Crippen LogP contribution in [-0.2, 0) is 6.54 Å². The van der Waals surface area contributed by atoms with Gasteiger partial charge in [-0.05, 0) is 42.2 Å². The number of benzene rings is 2. The molecule has 1 nitrogen and oxygen atoms in total. The molecule has 1 aliphatic heterocycles. The summed E-state index contributed by atoms with van der Waals surface area (Å²) in [5, 5.41) is 1.47. The van der Waals surface area contributed by atoms with Crippen LogP contribution in [0.3, 0.4) is 0 Å². The molecule has 23 heavy (non-hydrogen) atoms. The summed E-state index contributed by atoms with van der Waals surface area (Å²) in [6.45, 7) is 2.27. The van der Waals surface area contributed by atoms with Crippen molar-refractivity contribution < 1.29 is 0 Å². The Balaban J connectivity index is 1.48. The van der Waals surface area contributed by atoms with Crippen LogP contribution in [0.2, 0.25) is 5.02 Å². The minimum absolute atomic E-state index is 0.612. The fourth-order valence-corrected chi connectivity index (χ4v) is 6.76. The molecule has 0 spiro atoms. The predicted octanol–water partition coefficient (Wildman–Crippen LogP) is 5.47. The minimum Gasteiger partial charge on any atom is -0.294 e. The van der Waals surface area contributed by atoms with Gasteiger partial charge >= 0.3 is 0 Å². The van der Waals surface area contributed by atoms with E-state index in [0.29, 0.717) is 16.1 Å². The van der Waals surface area contributed by atoms with Gasteiger partial charge in [-0.3, -0.25) is 4.90 Å². The summed E-state index contributed by atoms with van der Waals surface area (Å²) in [6.07, 6.45) is 1.30. The second-order valence-corrected chi connectivity index (χ2v) is 9.26. The van der Waals surface area contributed by atoms with Crippen LogP contribution in [0.5, 0.6) is 0 Å². The molecule has 2 bridgehead atoms. The third-order valence-electron chi connectivity index (χ3n) is 4.91. The average molecular weight is 409 g/mol. The monoisotopic (exact) mass is 407 g/mol. The van der Waals surface area contributed by atoms with E-state index in [0.717, 1.165) is 17.5 Å². The lowest BCUT2D eigenvalue weighted by Gasteiger charge is -2.33. The summed E-state index contributed by atoms with van der Waals surface area (Å²) in [4.78, 5) is 4.61. The van der Waals surface area contributed by atoms with Crippen LogP contribution in [0.25, 0.3) is 0 Å². The average Bonchev–Trinajstić information content (AvgIpc) is 3.02. The highest BCUT2D eigenvalue weighted by Gasteiger charge is 2.51. The van der Waals surface area contributed by atoms with Crippen LogP contribution in [0.15, 0.2) is 59.5 Å². The number of piperidine rings is 1. The summed E-state index contributed by atoms with van der Waals surface area (Å²) in [5.74, 6) is 0.772. The SMILES string of the molecule is Clc1ccc(SC2CC3CN(Cc4ccccc4)C2C3Br)cc1. The summed E-state index contributed by atoms with van der Waals surface area (Å²) in [5.41, 5.74) is 1.41. The highest BCUT2D eigenvalue weighted by Crippen LogP contribution is 2.49. The van der Waals surface area contributed by atoms with E-state index in [-0.39, 0.29) is 0 Å². The van der Waals surface area contributed by atoms with Gasteiger partial charge in [-0.15, -0.1) is 11.8 Å².